The van der Waals surface area contributed by atoms with Crippen LogP contribution in [0.4, 0.5) is 0 Å². The Hall–Kier alpha value is -2.22. The van der Waals surface area contributed by atoms with Crippen molar-refractivity contribution in [2.45, 2.75) is 19.4 Å². The number of amides is 2. The first kappa shape index (κ1) is 15.3. The molecule has 0 atom stereocenters. The van der Waals surface area contributed by atoms with Crippen LogP contribution < -0.4 is 5.56 Å². The molecule has 8 heteroatoms. The summed E-state index contributed by atoms with van der Waals surface area (Å²) in [5.41, 5.74) is -0.183. The van der Waals surface area contributed by atoms with E-state index in [4.69, 9.17) is 0 Å². The van der Waals surface area contributed by atoms with Crippen LogP contribution in [0, 0.1) is 5.92 Å². The number of aromatic nitrogens is 2. The number of hydrogen-bond acceptors (Lipinski definition) is 5. The topological polar surface area (TPSA) is 75.5 Å². The van der Waals surface area contributed by atoms with Crippen molar-refractivity contribution < 1.29 is 9.59 Å². The van der Waals surface area contributed by atoms with Gasteiger partial charge in [0.05, 0.1) is 11.7 Å². The zero-order valence-electron chi connectivity index (χ0n) is 13.2. The third-order valence-electron chi connectivity index (χ3n) is 4.63. The lowest BCUT2D eigenvalue weighted by Crippen LogP contribution is -2.52. The smallest absolute Gasteiger partial charge is 0.262 e. The molecule has 0 bridgehead atoms. The number of carbonyl (C=O) groups excluding carboxylic acids is 2. The van der Waals surface area contributed by atoms with Crippen molar-refractivity contribution in [3.05, 3.63) is 28.1 Å². The van der Waals surface area contributed by atoms with Gasteiger partial charge in [-0.1, -0.05) is 0 Å². The fourth-order valence-corrected chi connectivity index (χ4v) is 3.74. The van der Waals surface area contributed by atoms with Crippen LogP contribution in [-0.2, 0) is 16.1 Å². The second-order valence-electron chi connectivity index (χ2n) is 6.30. The molecule has 2 aromatic rings. The SMILES string of the molecule is O=C(Cn1cnc2sccc2c1=O)N1CCN(C(=O)C2CC2)CC1. The number of hydrogen-bond donors (Lipinski definition) is 0. The van der Waals surface area contributed by atoms with Gasteiger partial charge in [-0.2, -0.15) is 0 Å². The van der Waals surface area contributed by atoms with E-state index in [0.29, 0.717) is 36.4 Å². The minimum absolute atomic E-state index is 0.00576. The van der Waals surface area contributed by atoms with Gasteiger partial charge in [0.2, 0.25) is 11.8 Å². The van der Waals surface area contributed by atoms with Crippen molar-refractivity contribution in [3.63, 3.8) is 0 Å². The van der Waals surface area contributed by atoms with Crippen molar-refractivity contribution in [2.24, 2.45) is 5.92 Å². The molecule has 0 radical (unpaired) electrons. The van der Waals surface area contributed by atoms with Crippen molar-refractivity contribution in [1.82, 2.24) is 19.4 Å². The minimum Gasteiger partial charge on any atom is -0.339 e. The number of rotatable bonds is 3. The van der Waals surface area contributed by atoms with Crippen LogP contribution in [0.15, 0.2) is 22.6 Å². The maximum absolute atomic E-state index is 12.5. The quantitative estimate of drug-likeness (QED) is 0.813. The standard InChI is InChI=1S/C16H18N4O3S/c21-13(9-20-10-17-14-12(16(20)23)3-8-24-14)18-4-6-19(7-5-18)15(22)11-1-2-11/h3,8,10-11H,1-2,4-7,9H2. The van der Waals surface area contributed by atoms with Gasteiger partial charge in [-0.3, -0.25) is 19.0 Å². The summed E-state index contributed by atoms with van der Waals surface area (Å²) in [7, 11) is 0. The molecule has 2 amide bonds. The van der Waals surface area contributed by atoms with E-state index in [1.807, 2.05) is 10.3 Å². The normalized spacial score (nSPS) is 18.2. The third-order valence-corrected chi connectivity index (χ3v) is 5.45. The van der Waals surface area contributed by atoms with Crippen LogP contribution in [0.5, 0.6) is 0 Å². The van der Waals surface area contributed by atoms with Gasteiger partial charge in [-0.15, -0.1) is 11.3 Å². The highest BCUT2D eigenvalue weighted by Crippen LogP contribution is 2.31. The summed E-state index contributed by atoms with van der Waals surface area (Å²) in [4.78, 5) is 45.3. The highest BCUT2D eigenvalue weighted by atomic mass is 32.1. The second kappa shape index (κ2) is 6.01. The van der Waals surface area contributed by atoms with Gasteiger partial charge >= 0.3 is 0 Å². The minimum atomic E-state index is -0.183. The summed E-state index contributed by atoms with van der Waals surface area (Å²) in [6, 6.07) is 1.73. The van der Waals surface area contributed by atoms with E-state index in [-0.39, 0.29) is 29.8 Å². The Labute approximate surface area is 142 Å². The molecule has 0 unspecified atom stereocenters. The largest absolute Gasteiger partial charge is 0.339 e. The van der Waals surface area contributed by atoms with E-state index >= 15 is 0 Å². The second-order valence-corrected chi connectivity index (χ2v) is 7.19. The molecular formula is C16H18N4O3S. The molecule has 2 aromatic heterocycles. The molecule has 2 fully saturated rings. The van der Waals surface area contributed by atoms with Crippen molar-refractivity contribution >= 4 is 33.4 Å². The maximum atomic E-state index is 12.5. The summed E-state index contributed by atoms with van der Waals surface area (Å²) in [6.45, 7) is 2.21. The van der Waals surface area contributed by atoms with Crippen LogP contribution in [0.1, 0.15) is 12.8 Å². The molecule has 1 aliphatic heterocycles. The lowest BCUT2D eigenvalue weighted by atomic mass is 10.2. The fourth-order valence-electron chi connectivity index (χ4n) is 3.02. The number of nitrogens with zero attached hydrogens (tertiary/aromatic N) is 4. The number of piperazine rings is 1. The van der Waals surface area contributed by atoms with E-state index < -0.39 is 0 Å². The van der Waals surface area contributed by atoms with Crippen LogP contribution in [0.2, 0.25) is 0 Å². The first-order chi connectivity index (χ1) is 11.6. The molecule has 0 spiro atoms. The first-order valence-electron chi connectivity index (χ1n) is 8.12. The van der Waals surface area contributed by atoms with Gasteiger partial charge in [-0.05, 0) is 24.3 Å². The van der Waals surface area contributed by atoms with E-state index in [0.717, 1.165) is 12.8 Å². The lowest BCUT2D eigenvalue weighted by Gasteiger charge is -2.35. The van der Waals surface area contributed by atoms with Crippen molar-refractivity contribution in [1.29, 1.82) is 0 Å². The Kier molecular flexibility index (Phi) is 3.84. The van der Waals surface area contributed by atoms with Gasteiger partial charge in [0.1, 0.15) is 11.4 Å². The van der Waals surface area contributed by atoms with Crippen LogP contribution >= 0.6 is 11.3 Å². The first-order valence-corrected chi connectivity index (χ1v) is 9.00. The van der Waals surface area contributed by atoms with Gasteiger partial charge in [0.15, 0.2) is 0 Å². The zero-order valence-corrected chi connectivity index (χ0v) is 14.0. The van der Waals surface area contributed by atoms with Crippen LogP contribution in [0.25, 0.3) is 10.2 Å². The van der Waals surface area contributed by atoms with Crippen LogP contribution in [-0.4, -0.2) is 57.3 Å². The lowest BCUT2D eigenvalue weighted by molar-refractivity contribution is -0.140. The van der Waals surface area contributed by atoms with Gasteiger partial charge < -0.3 is 9.80 Å². The van der Waals surface area contributed by atoms with Gasteiger partial charge in [-0.25, -0.2) is 4.98 Å². The number of carbonyl (C=O) groups is 2. The monoisotopic (exact) mass is 346 g/mol. The summed E-state index contributed by atoms with van der Waals surface area (Å²) >= 11 is 1.41. The fraction of sp³-hybridized carbons (Fsp3) is 0.500. The Balaban J connectivity index is 1.40. The Morgan fingerprint density at radius 2 is 1.88 bits per heavy atom. The number of thiophene rings is 1. The highest BCUT2D eigenvalue weighted by Gasteiger charge is 2.35. The molecule has 3 heterocycles. The Bertz CT molecular complexity index is 846. The molecule has 0 aromatic carbocycles. The molecule has 4 rings (SSSR count). The molecular weight excluding hydrogens is 328 g/mol. The summed E-state index contributed by atoms with van der Waals surface area (Å²) in [6.07, 6.45) is 3.43. The predicted molar refractivity (Wildman–Crippen MR) is 89.8 cm³/mol. The number of fused-ring (bicyclic) bond motifs is 1. The molecule has 0 N–H and O–H groups in total. The molecule has 2 aliphatic rings. The molecule has 1 saturated carbocycles. The highest BCUT2D eigenvalue weighted by molar-refractivity contribution is 7.16. The van der Waals surface area contributed by atoms with Gasteiger partial charge in [0, 0.05) is 32.1 Å². The van der Waals surface area contributed by atoms with E-state index in [9.17, 15) is 14.4 Å². The molecule has 24 heavy (non-hydrogen) atoms. The van der Waals surface area contributed by atoms with E-state index in [1.165, 1.54) is 22.2 Å². The van der Waals surface area contributed by atoms with Crippen molar-refractivity contribution in [2.75, 3.05) is 26.2 Å². The average molecular weight is 346 g/mol. The molecule has 1 aliphatic carbocycles. The summed E-state index contributed by atoms with van der Waals surface area (Å²) in [5.74, 6) is 0.340. The summed E-state index contributed by atoms with van der Waals surface area (Å²) in [5, 5.41) is 2.37. The van der Waals surface area contributed by atoms with E-state index in [1.54, 1.807) is 11.0 Å². The average Bonchev–Trinajstić information content (AvgIpc) is 3.34. The van der Waals surface area contributed by atoms with Gasteiger partial charge in [0.25, 0.3) is 5.56 Å². The molecule has 126 valence electrons. The Morgan fingerprint density at radius 1 is 1.17 bits per heavy atom. The third kappa shape index (κ3) is 2.82. The maximum Gasteiger partial charge on any atom is 0.262 e. The molecule has 1 saturated heterocycles. The molecule has 7 nitrogen and oxygen atoms in total. The Morgan fingerprint density at radius 3 is 2.58 bits per heavy atom. The van der Waals surface area contributed by atoms with Crippen LogP contribution in [0.3, 0.4) is 0 Å². The summed E-state index contributed by atoms with van der Waals surface area (Å²) < 4.78 is 1.36. The van der Waals surface area contributed by atoms with E-state index in [2.05, 4.69) is 4.98 Å². The van der Waals surface area contributed by atoms with Crippen molar-refractivity contribution in [3.8, 4) is 0 Å². The zero-order chi connectivity index (χ0) is 16.7. The predicted octanol–water partition coefficient (Wildman–Crippen LogP) is 0.539.